The number of carbonyl (C=O) groups is 2. The van der Waals surface area contributed by atoms with Gasteiger partial charge in [-0.05, 0) is 49.2 Å². The summed E-state index contributed by atoms with van der Waals surface area (Å²) in [5.41, 5.74) is 2.25. The molecule has 0 amide bonds. The second kappa shape index (κ2) is 7.74. The van der Waals surface area contributed by atoms with Crippen LogP contribution in [0.5, 0.6) is 0 Å². The van der Waals surface area contributed by atoms with Gasteiger partial charge in [0.2, 0.25) is 5.43 Å². The minimum Gasteiger partial charge on any atom is -0.462 e. The van der Waals surface area contributed by atoms with E-state index in [2.05, 4.69) is 0 Å². The van der Waals surface area contributed by atoms with Crippen LogP contribution in [-0.2, 0) is 11.3 Å². The first kappa shape index (κ1) is 20.4. The number of halogens is 2. The van der Waals surface area contributed by atoms with Crippen molar-refractivity contribution in [2.24, 2.45) is 0 Å². The standard InChI is InChI=1S/C23H17Cl2NO4/c1-3-30-23(29)17-11-26-10-14(9-13-5-4-6-18(24)19(13)25)21(27)15-7-12(2)8-16(20(15)26)22(17)28/h4-9,11H,3,10H2,1-2H3/b14-9+. The van der Waals surface area contributed by atoms with Gasteiger partial charge < -0.3 is 9.30 Å². The number of Topliss-reactive ketones (excluding diaryl/α,β-unsaturated/α-hetero) is 1. The van der Waals surface area contributed by atoms with Crippen LogP contribution in [0.25, 0.3) is 17.0 Å². The van der Waals surface area contributed by atoms with Crippen LogP contribution in [0.4, 0.5) is 0 Å². The molecule has 2 heterocycles. The Morgan fingerprint density at radius 1 is 1.23 bits per heavy atom. The summed E-state index contributed by atoms with van der Waals surface area (Å²) in [5, 5.41) is 1.07. The van der Waals surface area contributed by atoms with Crippen LogP contribution in [-0.4, -0.2) is 22.9 Å². The van der Waals surface area contributed by atoms with E-state index in [0.717, 1.165) is 5.56 Å². The molecule has 152 valence electrons. The van der Waals surface area contributed by atoms with E-state index < -0.39 is 11.4 Å². The zero-order valence-corrected chi connectivity index (χ0v) is 17.8. The summed E-state index contributed by atoms with van der Waals surface area (Å²) in [6, 6.07) is 8.63. The van der Waals surface area contributed by atoms with E-state index in [1.165, 1.54) is 6.20 Å². The molecule has 0 spiro atoms. The zero-order valence-electron chi connectivity index (χ0n) is 16.3. The average Bonchev–Trinajstić information content (AvgIpc) is 2.71. The van der Waals surface area contributed by atoms with Crippen molar-refractivity contribution in [2.45, 2.75) is 20.4 Å². The number of hydrogen-bond acceptors (Lipinski definition) is 4. The highest BCUT2D eigenvalue weighted by Gasteiger charge is 2.27. The lowest BCUT2D eigenvalue weighted by Gasteiger charge is -2.23. The Balaban J connectivity index is 1.96. The molecule has 0 unspecified atom stereocenters. The summed E-state index contributed by atoms with van der Waals surface area (Å²) in [4.78, 5) is 38.5. The molecule has 0 bridgehead atoms. The molecule has 1 aliphatic heterocycles. The van der Waals surface area contributed by atoms with Crippen LogP contribution in [0.2, 0.25) is 10.0 Å². The second-order valence-corrected chi connectivity index (χ2v) is 7.86. The summed E-state index contributed by atoms with van der Waals surface area (Å²) < 4.78 is 6.78. The van der Waals surface area contributed by atoms with Crippen molar-refractivity contribution in [3.8, 4) is 0 Å². The molecular formula is C23H17Cl2NO4. The third kappa shape index (κ3) is 3.34. The quantitative estimate of drug-likeness (QED) is 0.420. The Kier molecular flexibility index (Phi) is 5.26. The maximum absolute atomic E-state index is 13.2. The van der Waals surface area contributed by atoms with Crippen LogP contribution < -0.4 is 5.43 Å². The molecule has 1 aromatic heterocycles. The van der Waals surface area contributed by atoms with Gasteiger partial charge in [0.15, 0.2) is 5.78 Å². The number of allylic oxidation sites excluding steroid dienone is 1. The summed E-state index contributed by atoms with van der Waals surface area (Å²) in [5.74, 6) is -0.875. The molecule has 3 aromatic rings. The molecule has 0 radical (unpaired) electrons. The van der Waals surface area contributed by atoms with Crippen LogP contribution in [0, 0.1) is 6.92 Å². The number of nitrogens with zero attached hydrogens (tertiary/aromatic N) is 1. The molecule has 0 atom stereocenters. The third-order valence-electron chi connectivity index (χ3n) is 5.00. The van der Waals surface area contributed by atoms with E-state index in [0.29, 0.717) is 37.6 Å². The number of hydrogen-bond donors (Lipinski definition) is 0. The molecule has 4 rings (SSSR count). The topological polar surface area (TPSA) is 65.4 Å². The average molecular weight is 442 g/mol. The van der Waals surface area contributed by atoms with Gasteiger partial charge in [-0.15, -0.1) is 0 Å². The van der Waals surface area contributed by atoms with Crippen LogP contribution in [0.15, 0.2) is 46.9 Å². The molecule has 1 aliphatic rings. The fourth-order valence-corrected chi connectivity index (χ4v) is 4.06. The van der Waals surface area contributed by atoms with Crippen LogP contribution in [0.3, 0.4) is 0 Å². The monoisotopic (exact) mass is 441 g/mol. The molecule has 0 saturated heterocycles. The molecule has 2 aromatic carbocycles. The molecule has 0 N–H and O–H groups in total. The lowest BCUT2D eigenvalue weighted by Crippen LogP contribution is -2.26. The van der Waals surface area contributed by atoms with Crippen LogP contribution in [0.1, 0.15) is 38.8 Å². The summed E-state index contributed by atoms with van der Waals surface area (Å²) in [6.07, 6.45) is 3.15. The predicted molar refractivity (Wildman–Crippen MR) is 118 cm³/mol. The largest absolute Gasteiger partial charge is 0.462 e. The number of ketones is 1. The third-order valence-corrected chi connectivity index (χ3v) is 5.83. The Bertz CT molecular complexity index is 1320. The highest BCUT2D eigenvalue weighted by atomic mass is 35.5. The van der Waals surface area contributed by atoms with Gasteiger partial charge in [0, 0.05) is 22.7 Å². The van der Waals surface area contributed by atoms with E-state index in [1.807, 2.05) is 0 Å². The molecule has 5 nitrogen and oxygen atoms in total. The smallest absolute Gasteiger partial charge is 0.343 e. The van der Waals surface area contributed by atoms with Gasteiger partial charge in [-0.1, -0.05) is 35.3 Å². The molecule has 30 heavy (non-hydrogen) atoms. The maximum atomic E-state index is 13.2. The van der Waals surface area contributed by atoms with Gasteiger partial charge >= 0.3 is 5.97 Å². The van der Waals surface area contributed by atoms with Crippen molar-refractivity contribution >= 4 is 51.9 Å². The minimum absolute atomic E-state index is 0.0598. The van der Waals surface area contributed by atoms with Crippen LogP contribution >= 0.6 is 23.2 Å². The van der Waals surface area contributed by atoms with E-state index in [-0.39, 0.29) is 24.5 Å². The number of carbonyl (C=O) groups excluding carboxylic acids is 2. The lowest BCUT2D eigenvalue weighted by molar-refractivity contribution is 0.0524. The molecule has 0 fully saturated rings. The van der Waals surface area contributed by atoms with Gasteiger partial charge in [-0.2, -0.15) is 0 Å². The van der Waals surface area contributed by atoms with E-state index in [1.54, 1.807) is 54.8 Å². The van der Waals surface area contributed by atoms with Gasteiger partial charge in [0.05, 0.1) is 28.7 Å². The van der Waals surface area contributed by atoms with Crippen molar-refractivity contribution in [2.75, 3.05) is 6.61 Å². The van der Waals surface area contributed by atoms with Gasteiger partial charge in [0.1, 0.15) is 5.56 Å². The SMILES string of the molecule is CCOC(=O)c1cn2c3c(cc(C)cc3c1=O)C(=O)/C(=C/c1cccc(Cl)c1Cl)C2. The first-order valence-electron chi connectivity index (χ1n) is 9.36. The fourth-order valence-electron chi connectivity index (χ4n) is 3.70. The second-order valence-electron chi connectivity index (χ2n) is 7.07. The van der Waals surface area contributed by atoms with Crippen molar-refractivity contribution in [3.05, 3.63) is 84.6 Å². The molecular weight excluding hydrogens is 425 g/mol. The number of aryl methyl sites for hydroxylation is 1. The first-order valence-corrected chi connectivity index (χ1v) is 10.1. The number of esters is 1. The van der Waals surface area contributed by atoms with E-state index in [9.17, 15) is 14.4 Å². The number of ether oxygens (including phenoxy) is 1. The zero-order chi connectivity index (χ0) is 21.6. The van der Waals surface area contributed by atoms with E-state index >= 15 is 0 Å². The minimum atomic E-state index is -0.684. The number of benzene rings is 2. The molecule has 7 heteroatoms. The Morgan fingerprint density at radius 3 is 2.73 bits per heavy atom. The Morgan fingerprint density at radius 2 is 2.00 bits per heavy atom. The maximum Gasteiger partial charge on any atom is 0.343 e. The molecule has 0 saturated carbocycles. The Hall–Kier alpha value is -2.89. The van der Waals surface area contributed by atoms with Crippen molar-refractivity contribution in [1.29, 1.82) is 0 Å². The first-order chi connectivity index (χ1) is 14.3. The van der Waals surface area contributed by atoms with Gasteiger partial charge in [-0.3, -0.25) is 9.59 Å². The highest BCUT2D eigenvalue weighted by Crippen LogP contribution is 2.32. The summed E-state index contributed by atoms with van der Waals surface area (Å²) in [7, 11) is 0. The summed E-state index contributed by atoms with van der Waals surface area (Å²) in [6.45, 7) is 3.82. The number of rotatable bonds is 3. The molecule has 0 aliphatic carbocycles. The lowest BCUT2D eigenvalue weighted by atomic mass is 9.92. The number of aromatic nitrogens is 1. The normalized spacial score (nSPS) is 14.4. The fraction of sp³-hybridized carbons (Fsp3) is 0.174. The summed E-state index contributed by atoms with van der Waals surface area (Å²) >= 11 is 12.4. The highest BCUT2D eigenvalue weighted by molar-refractivity contribution is 6.43. The van der Waals surface area contributed by atoms with Crippen molar-refractivity contribution in [1.82, 2.24) is 4.57 Å². The predicted octanol–water partition coefficient (Wildman–Crippen LogP) is 5.07. The van der Waals surface area contributed by atoms with Crippen molar-refractivity contribution in [3.63, 3.8) is 0 Å². The van der Waals surface area contributed by atoms with Gasteiger partial charge in [0.25, 0.3) is 0 Å². The van der Waals surface area contributed by atoms with Crippen molar-refractivity contribution < 1.29 is 14.3 Å². The number of pyridine rings is 1. The van der Waals surface area contributed by atoms with E-state index in [4.69, 9.17) is 27.9 Å². The van der Waals surface area contributed by atoms with Gasteiger partial charge in [-0.25, -0.2) is 4.79 Å². The Labute approximate surface area is 182 Å².